The first-order valence-corrected chi connectivity index (χ1v) is 8.79. The molecule has 0 bridgehead atoms. The summed E-state index contributed by atoms with van der Waals surface area (Å²) in [7, 11) is 0. The molecule has 1 saturated heterocycles. The minimum absolute atomic E-state index is 0.0192. The van der Waals surface area contributed by atoms with E-state index in [9.17, 15) is 4.79 Å². The molecule has 0 spiro atoms. The van der Waals surface area contributed by atoms with Crippen molar-refractivity contribution in [1.82, 2.24) is 25.3 Å². The molecule has 1 aliphatic heterocycles. The number of fused-ring (bicyclic) bond motifs is 1. The Morgan fingerprint density at radius 1 is 1.43 bits per heavy atom. The fourth-order valence-electron chi connectivity index (χ4n) is 3.33. The van der Waals surface area contributed by atoms with Gasteiger partial charge in [0.15, 0.2) is 0 Å². The molecule has 1 aliphatic carbocycles. The summed E-state index contributed by atoms with van der Waals surface area (Å²) in [6.07, 6.45) is 2.32. The van der Waals surface area contributed by atoms with Gasteiger partial charge < -0.3 is 9.64 Å². The van der Waals surface area contributed by atoms with Gasteiger partial charge in [-0.3, -0.25) is 4.79 Å². The van der Waals surface area contributed by atoms with Crippen molar-refractivity contribution in [3.63, 3.8) is 0 Å². The maximum Gasteiger partial charge on any atom is 0.226 e. The van der Waals surface area contributed by atoms with Crippen molar-refractivity contribution >= 4 is 17.2 Å². The first-order valence-electron chi connectivity index (χ1n) is 7.91. The minimum Gasteiger partial charge on any atom is -0.377 e. The Morgan fingerprint density at radius 2 is 2.30 bits per heavy atom. The number of nitrogens with one attached hydrogen (secondary N) is 1. The van der Waals surface area contributed by atoms with Gasteiger partial charge in [0.1, 0.15) is 11.0 Å². The van der Waals surface area contributed by atoms with Gasteiger partial charge in [0.25, 0.3) is 0 Å². The van der Waals surface area contributed by atoms with Gasteiger partial charge in [-0.2, -0.15) is 15.4 Å². The quantitative estimate of drug-likeness (QED) is 0.895. The number of rotatable bonds is 2. The van der Waals surface area contributed by atoms with Gasteiger partial charge in [-0.15, -0.1) is 11.3 Å². The van der Waals surface area contributed by atoms with E-state index in [2.05, 4.69) is 20.4 Å². The molecule has 4 rings (SSSR count). The van der Waals surface area contributed by atoms with Gasteiger partial charge in [0.05, 0.1) is 24.6 Å². The Labute approximate surface area is 138 Å². The van der Waals surface area contributed by atoms with Crippen LogP contribution in [0.15, 0.2) is 5.38 Å². The first-order chi connectivity index (χ1) is 11.2. The second kappa shape index (κ2) is 6.01. The Bertz CT molecular complexity index is 712. The van der Waals surface area contributed by atoms with Gasteiger partial charge in [-0.25, -0.2) is 4.98 Å². The number of aromatic nitrogens is 4. The van der Waals surface area contributed by atoms with E-state index in [1.54, 1.807) is 11.3 Å². The molecule has 2 aromatic rings. The number of carbonyl (C=O) groups excluding carboxylic acids is 1. The largest absolute Gasteiger partial charge is 0.377 e. The monoisotopic (exact) mass is 333 g/mol. The molecule has 23 heavy (non-hydrogen) atoms. The molecule has 1 N–H and O–H groups in total. The number of H-pyrrole nitrogens is 1. The number of morpholine rings is 1. The molecular formula is C15H19N5O2S. The number of aromatic amines is 1. The van der Waals surface area contributed by atoms with Crippen LogP contribution in [0.5, 0.6) is 0 Å². The summed E-state index contributed by atoms with van der Waals surface area (Å²) in [6, 6.07) is -0.0614. The average molecular weight is 333 g/mol. The van der Waals surface area contributed by atoms with Crippen LogP contribution in [-0.2, 0) is 22.4 Å². The minimum atomic E-state index is -0.0614. The Balaban J connectivity index is 1.54. The fraction of sp³-hybridized carbons (Fsp3) is 0.600. The van der Waals surface area contributed by atoms with Gasteiger partial charge in [-0.1, -0.05) is 0 Å². The normalized spacial score (nSPS) is 24.5. The fourth-order valence-corrected chi connectivity index (χ4v) is 4.22. The number of hydrogen-bond acceptors (Lipinski definition) is 6. The van der Waals surface area contributed by atoms with E-state index in [4.69, 9.17) is 4.74 Å². The van der Waals surface area contributed by atoms with E-state index in [-0.39, 0.29) is 17.9 Å². The maximum atomic E-state index is 13.1. The third-order valence-corrected chi connectivity index (χ3v) is 5.62. The van der Waals surface area contributed by atoms with E-state index >= 15 is 0 Å². The summed E-state index contributed by atoms with van der Waals surface area (Å²) < 4.78 is 5.60. The van der Waals surface area contributed by atoms with E-state index in [0.29, 0.717) is 26.2 Å². The van der Waals surface area contributed by atoms with Crippen molar-refractivity contribution in [2.45, 2.75) is 32.2 Å². The molecule has 2 atom stereocenters. The van der Waals surface area contributed by atoms with Crippen molar-refractivity contribution in [2.24, 2.45) is 5.92 Å². The second-order valence-electron chi connectivity index (χ2n) is 6.11. The summed E-state index contributed by atoms with van der Waals surface area (Å²) >= 11 is 1.60. The molecule has 3 heterocycles. The highest BCUT2D eigenvalue weighted by molar-refractivity contribution is 7.09. The van der Waals surface area contributed by atoms with Crippen LogP contribution in [-0.4, -0.2) is 51.0 Å². The molecule has 2 unspecified atom stereocenters. The number of ether oxygens (including phenoxy) is 1. The van der Waals surface area contributed by atoms with Crippen LogP contribution in [0, 0.1) is 12.8 Å². The van der Waals surface area contributed by atoms with Crippen LogP contribution in [0.4, 0.5) is 0 Å². The Hall–Kier alpha value is -1.80. The summed E-state index contributed by atoms with van der Waals surface area (Å²) in [6.45, 7) is 3.72. The third-order valence-electron chi connectivity index (χ3n) is 4.56. The van der Waals surface area contributed by atoms with Crippen LogP contribution in [0.25, 0.3) is 0 Å². The molecule has 0 radical (unpaired) electrons. The van der Waals surface area contributed by atoms with Crippen molar-refractivity contribution in [1.29, 1.82) is 0 Å². The predicted octanol–water partition coefficient (Wildman–Crippen LogP) is 1.27. The topological polar surface area (TPSA) is 84.0 Å². The van der Waals surface area contributed by atoms with Crippen LogP contribution in [0.1, 0.15) is 34.6 Å². The Kier molecular flexibility index (Phi) is 3.86. The summed E-state index contributed by atoms with van der Waals surface area (Å²) in [5.41, 5.74) is 2.93. The van der Waals surface area contributed by atoms with E-state index < -0.39 is 0 Å². The third kappa shape index (κ3) is 2.76. The highest BCUT2D eigenvalue weighted by Crippen LogP contribution is 2.31. The van der Waals surface area contributed by atoms with Crippen LogP contribution in [0.2, 0.25) is 0 Å². The highest BCUT2D eigenvalue weighted by atomic mass is 32.1. The maximum absolute atomic E-state index is 13.1. The van der Waals surface area contributed by atoms with Gasteiger partial charge in [-0.05, 0) is 19.8 Å². The molecular weight excluding hydrogens is 314 g/mol. The summed E-state index contributed by atoms with van der Waals surface area (Å²) in [5.74, 6) is 0.175. The number of amides is 1. The molecule has 2 aliphatic rings. The number of aryl methyl sites for hydroxylation is 2. The lowest BCUT2D eigenvalue weighted by Crippen LogP contribution is -2.47. The first kappa shape index (κ1) is 14.8. The standard InChI is InChI=1S/C15H19N5O2S/c1-9-8-23-14(16-9)13-7-22-5-4-20(13)15(21)10-2-3-11-12(6-10)18-19-17-11/h8,10,13H,2-7H2,1H3,(H,17,18,19). The zero-order valence-electron chi connectivity index (χ0n) is 13.0. The van der Waals surface area contributed by atoms with Crippen LogP contribution in [0.3, 0.4) is 0 Å². The van der Waals surface area contributed by atoms with E-state index in [1.165, 1.54) is 0 Å². The van der Waals surface area contributed by atoms with Crippen molar-refractivity contribution in [3.8, 4) is 0 Å². The molecule has 1 fully saturated rings. The number of hydrogen-bond donors (Lipinski definition) is 1. The average Bonchev–Trinajstić information content (AvgIpc) is 3.22. The van der Waals surface area contributed by atoms with Gasteiger partial charge in [0.2, 0.25) is 5.91 Å². The second-order valence-corrected chi connectivity index (χ2v) is 7.00. The lowest BCUT2D eigenvalue weighted by atomic mass is 9.88. The molecule has 0 saturated carbocycles. The van der Waals surface area contributed by atoms with Crippen molar-refractivity contribution in [3.05, 3.63) is 27.5 Å². The number of carbonyl (C=O) groups is 1. The molecule has 7 nitrogen and oxygen atoms in total. The smallest absolute Gasteiger partial charge is 0.226 e. The predicted molar refractivity (Wildman–Crippen MR) is 84.0 cm³/mol. The van der Waals surface area contributed by atoms with Gasteiger partial charge in [0, 0.05) is 30.0 Å². The van der Waals surface area contributed by atoms with Crippen LogP contribution < -0.4 is 0 Å². The van der Waals surface area contributed by atoms with E-state index in [0.717, 1.165) is 34.9 Å². The van der Waals surface area contributed by atoms with Crippen molar-refractivity contribution < 1.29 is 9.53 Å². The lowest BCUT2D eigenvalue weighted by molar-refractivity contribution is -0.145. The van der Waals surface area contributed by atoms with Gasteiger partial charge >= 0.3 is 0 Å². The lowest BCUT2D eigenvalue weighted by Gasteiger charge is -2.37. The zero-order chi connectivity index (χ0) is 15.8. The molecule has 122 valence electrons. The van der Waals surface area contributed by atoms with E-state index in [1.807, 2.05) is 17.2 Å². The summed E-state index contributed by atoms with van der Waals surface area (Å²) in [4.78, 5) is 19.6. The highest BCUT2D eigenvalue weighted by Gasteiger charge is 2.36. The van der Waals surface area contributed by atoms with Crippen molar-refractivity contribution in [2.75, 3.05) is 19.8 Å². The van der Waals surface area contributed by atoms with Crippen LogP contribution >= 0.6 is 11.3 Å². The zero-order valence-corrected chi connectivity index (χ0v) is 13.8. The number of nitrogens with zero attached hydrogens (tertiary/aromatic N) is 4. The summed E-state index contributed by atoms with van der Waals surface area (Å²) in [5, 5.41) is 14.0. The molecule has 8 heteroatoms. The molecule has 2 aromatic heterocycles. The number of thiazole rings is 1. The molecule has 1 amide bonds. The molecule has 0 aromatic carbocycles. The SMILES string of the molecule is Cc1csc(C2COCCN2C(=O)C2CCc3n[nH]nc3C2)n1. The Morgan fingerprint density at radius 3 is 3.13 bits per heavy atom.